The lowest BCUT2D eigenvalue weighted by Crippen LogP contribution is -2.40. The molecular formula is C94H134N22O6. The Hall–Kier alpha value is -10.9. The largest absolute Gasteiger partial charge is 0.396 e. The topological polar surface area (TPSA) is 307 Å². The minimum absolute atomic E-state index is 0. The summed E-state index contributed by atoms with van der Waals surface area (Å²) in [5.41, 5.74) is 16.6. The number of anilines is 6. The van der Waals surface area contributed by atoms with Crippen LogP contribution in [-0.2, 0) is 65.7 Å². The van der Waals surface area contributed by atoms with E-state index in [1.165, 1.54) is 56.1 Å². The zero-order valence-corrected chi connectivity index (χ0v) is 71.7. The highest BCUT2D eigenvalue weighted by molar-refractivity contribution is 5.64. The number of allylic oxidation sites excluding steroid dienone is 2. The number of aliphatic hydroxyl groups excluding tert-OH is 4. The van der Waals surface area contributed by atoms with E-state index >= 15 is 0 Å². The summed E-state index contributed by atoms with van der Waals surface area (Å²) >= 11 is 0. The van der Waals surface area contributed by atoms with Crippen molar-refractivity contribution < 1.29 is 20.4 Å². The molecule has 28 nitrogen and oxygen atoms in total. The number of likely N-dealkylation sites (N-methyl/N-ethyl adjacent to an activating group) is 2. The van der Waals surface area contributed by atoms with Crippen LogP contribution >= 0.6 is 0 Å². The van der Waals surface area contributed by atoms with Gasteiger partial charge in [-0.1, -0.05) is 93.5 Å². The molecular weight excluding hydrogens is 1530 g/mol. The summed E-state index contributed by atoms with van der Waals surface area (Å²) in [5.74, 6) is 7.31. The molecule has 10 aromatic rings. The van der Waals surface area contributed by atoms with Crippen LogP contribution in [0.2, 0.25) is 0 Å². The van der Waals surface area contributed by atoms with E-state index in [1.54, 1.807) is 35.4 Å². The fourth-order valence-electron chi connectivity index (χ4n) is 17.6. The second kappa shape index (κ2) is 43.7. The third-order valence-corrected chi connectivity index (χ3v) is 24.9. The molecule has 16 rings (SSSR count). The number of aliphatic hydroxyl groups is 4. The van der Waals surface area contributed by atoms with Gasteiger partial charge in [-0.05, 0) is 186 Å². The highest BCUT2D eigenvalue weighted by atomic mass is 16.3. The molecule has 0 bridgehead atoms. The van der Waals surface area contributed by atoms with Gasteiger partial charge in [-0.3, -0.25) is 9.59 Å². The summed E-state index contributed by atoms with van der Waals surface area (Å²) in [4.78, 5) is 51.9. The first-order valence-electron chi connectivity index (χ1n) is 43.7. The zero-order valence-electron chi connectivity index (χ0n) is 71.7. The number of rotatable bonds is 28. The smallest absolute Gasteiger partial charge is 0.250 e. The average Bonchev–Trinajstić information content (AvgIpc) is 1.59. The van der Waals surface area contributed by atoms with Crippen LogP contribution in [0.5, 0.6) is 0 Å². The van der Waals surface area contributed by atoms with Crippen molar-refractivity contribution in [3.63, 3.8) is 0 Å². The van der Waals surface area contributed by atoms with Gasteiger partial charge in [0, 0.05) is 212 Å². The summed E-state index contributed by atoms with van der Waals surface area (Å²) in [6.45, 7) is 22.1. The predicted octanol–water partition coefficient (Wildman–Crippen LogP) is 13.8. The van der Waals surface area contributed by atoms with E-state index in [2.05, 4.69) is 141 Å². The maximum absolute atomic E-state index is 11.7. The fraction of sp³-hybridized carbons (Fsp3) is 0.511. The number of aryl methyl sites for hydroxylation is 6. The van der Waals surface area contributed by atoms with Gasteiger partial charge in [0.05, 0.1) is 24.8 Å². The van der Waals surface area contributed by atoms with Crippen LogP contribution in [0.3, 0.4) is 0 Å². The Morgan fingerprint density at radius 2 is 0.762 bits per heavy atom. The summed E-state index contributed by atoms with van der Waals surface area (Å²) < 4.78 is 10.7. The van der Waals surface area contributed by atoms with Crippen molar-refractivity contribution in [1.82, 2.24) is 77.3 Å². The van der Waals surface area contributed by atoms with E-state index in [1.807, 2.05) is 104 Å². The molecule has 4 aliphatic heterocycles. The monoisotopic (exact) mass is 1670 g/mol. The molecule has 0 amide bonds. The third-order valence-electron chi connectivity index (χ3n) is 24.9. The lowest BCUT2D eigenvalue weighted by atomic mass is 9.77. The fourth-order valence-corrected chi connectivity index (χ4v) is 17.6. The number of piperidine rings is 2. The quantitative estimate of drug-likeness (QED) is 0.0226. The number of fused-ring (bicyclic) bond motifs is 4. The van der Waals surface area contributed by atoms with Gasteiger partial charge in [0.2, 0.25) is 11.1 Å². The van der Waals surface area contributed by atoms with Gasteiger partial charge in [0.1, 0.15) is 34.9 Å². The first kappa shape index (κ1) is 91.8. The molecule has 0 aromatic carbocycles. The van der Waals surface area contributed by atoms with Crippen LogP contribution < -0.4 is 42.2 Å². The first-order valence-corrected chi connectivity index (χ1v) is 43.7. The van der Waals surface area contributed by atoms with Crippen molar-refractivity contribution in [1.29, 1.82) is 0 Å². The molecule has 122 heavy (non-hydrogen) atoms. The molecule has 0 unspecified atom stereocenters. The molecule has 6 atom stereocenters. The van der Waals surface area contributed by atoms with Gasteiger partial charge in [-0.25, -0.2) is 19.9 Å². The molecule has 656 valence electrons. The van der Waals surface area contributed by atoms with E-state index in [0.29, 0.717) is 61.9 Å². The van der Waals surface area contributed by atoms with Gasteiger partial charge in [-0.15, -0.1) is 0 Å². The molecule has 2 saturated carbocycles. The molecule has 2 aliphatic carbocycles. The molecule has 6 aliphatic rings. The number of aromatic nitrogens is 14. The van der Waals surface area contributed by atoms with Crippen molar-refractivity contribution in [2.75, 3.05) is 97.8 Å². The summed E-state index contributed by atoms with van der Waals surface area (Å²) in [7, 11) is 7.51. The predicted molar refractivity (Wildman–Crippen MR) is 492 cm³/mol. The molecule has 10 aromatic heterocycles. The second-order valence-corrected chi connectivity index (χ2v) is 33.1. The Morgan fingerprint density at radius 1 is 0.426 bits per heavy atom. The maximum atomic E-state index is 11.7. The van der Waals surface area contributed by atoms with Gasteiger partial charge in [0.15, 0.2) is 22.6 Å². The average molecular weight is 1670 g/mol. The van der Waals surface area contributed by atoms with Crippen LogP contribution in [0.15, 0.2) is 168 Å². The Bertz CT molecular complexity index is 5400. The normalized spacial score (nSPS) is 19.1. The Labute approximate surface area is 719 Å². The van der Waals surface area contributed by atoms with Gasteiger partial charge >= 0.3 is 0 Å². The zero-order chi connectivity index (χ0) is 84.3. The molecule has 28 heteroatoms. The molecule has 0 radical (unpaired) electrons. The summed E-state index contributed by atoms with van der Waals surface area (Å²) in [6.07, 6.45) is 47.0. The van der Waals surface area contributed by atoms with Gasteiger partial charge in [0.25, 0.3) is 0 Å². The minimum atomic E-state index is -0.0213. The van der Waals surface area contributed by atoms with Crippen molar-refractivity contribution in [2.45, 2.75) is 209 Å². The minimum Gasteiger partial charge on any atom is -0.396 e. The highest BCUT2D eigenvalue weighted by Crippen LogP contribution is 2.37. The molecule has 8 N–H and O–H groups in total. The van der Waals surface area contributed by atoms with Gasteiger partial charge < -0.3 is 70.4 Å². The SMILES string of the molecule is C.C.C=C1C=C(CNc2cc(C[C@H]3CCCC[C@H]3CO)nc3c(CC)cnn23)C=CN1C.C=C1C=C(CNc2cc(N3CCCC[C@H]3CCO)nc3c(CC)cnn23)C=CN1C.CCc1cnn2c(NCc3ccc(=O)n(C)c3)cc(C[C@H]3CCCC[C@H]3CO)nc12.CCc1cnn2c(NCc3ccc(=O)n(C)c3)cc(N3CCCC[C@H]3CCO)nc12. The van der Waals surface area contributed by atoms with Crippen molar-refractivity contribution >= 4 is 57.5 Å². The van der Waals surface area contributed by atoms with Crippen LogP contribution in [0.25, 0.3) is 22.6 Å². The van der Waals surface area contributed by atoms with Gasteiger partial charge in [-0.2, -0.15) is 38.5 Å². The lowest BCUT2D eigenvalue weighted by Gasteiger charge is -2.36. The van der Waals surface area contributed by atoms with Crippen molar-refractivity contribution in [3.05, 3.63) is 224 Å². The number of hydrogen-bond acceptors (Lipinski definition) is 22. The number of nitrogens with zero attached hydrogens (tertiary/aromatic N) is 18. The molecule has 0 spiro atoms. The van der Waals surface area contributed by atoms with Crippen LogP contribution in [0.1, 0.15) is 190 Å². The van der Waals surface area contributed by atoms with Crippen LogP contribution in [0, 0.1) is 23.7 Å². The number of hydrogen-bond donors (Lipinski definition) is 8. The number of pyridine rings is 2. The second-order valence-electron chi connectivity index (χ2n) is 33.1. The lowest BCUT2D eigenvalue weighted by molar-refractivity contribution is 0.134. The van der Waals surface area contributed by atoms with E-state index in [0.717, 1.165) is 223 Å². The van der Waals surface area contributed by atoms with Crippen molar-refractivity contribution in [2.24, 2.45) is 37.8 Å². The summed E-state index contributed by atoms with van der Waals surface area (Å²) in [6, 6.07) is 15.9. The molecule has 14 heterocycles. The van der Waals surface area contributed by atoms with E-state index in [9.17, 15) is 30.0 Å². The Morgan fingerprint density at radius 3 is 1.10 bits per heavy atom. The molecule has 4 fully saturated rings. The number of nitrogens with one attached hydrogen (secondary N) is 4. The summed E-state index contributed by atoms with van der Waals surface area (Å²) in [5, 5.41) is 71.0. The molecule has 2 saturated heterocycles. The van der Waals surface area contributed by atoms with E-state index < -0.39 is 0 Å². The van der Waals surface area contributed by atoms with E-state index in [-0.39, 0.29) is 52.4 Å². The van der Waals surface area contributed by atoms with Crippen LogP contribution in [0.4, 0.5) is 34.9 Å². The Balaban J connectivity index is 0.000000158. The van der Waals surface area contributed by atoms with Crippen molar-refractivity contribution in [3.8, 4) is 0 Å². The van der Waals surface area contributed by atoms with Crippen LogP contribution in [-0.4, -0.2) is 177 Å². The van der Waals surface area contributed by atoms with E-state index in [4.69, 9.17) is 19.9 Å². The third kappa shape index (κ3) is 22.3. The highest BCUT2D eigenvalue weighted by Gasteiger charge is 2.31. The Kier molecular flexibility index (Phi) is 32.9. The standard InChI is InChI=1S/C24H33N5O.C23H32N6O.C23H31N5O2.C22H30N6O2.2CH4/c1-4-19-15-26-29-23(25-14-18-9-10-28(3)17(2)11-18)13-22(27-24(19)29)12-20-7-5-6-8-21(20)16-30;1-4-19-16-25-29-21(24-15-18-8-11-27(3)17(2)13-18)14-22(26-23(19)29)28-10-6-5-7-20(28)9-12-30;1-3-17-13-25-28-21(24-12-16-8-9-22(30)27(2)14-16)11-20(26-23(17)28)10-18-6-4-5-7-19(18)15-29;1-3-17-14-24-28-19(23-13-16-7-8-21(30)26(2)15-16)12-20(25-22(17)28)27-10-5-4-6-18(27)9-11-29;;/h9-11,13,15,20-21,25,30H,2,4-8,12,14,16H2,1,3H3;8,11,13-14,16,20,24,30H,2,4-7,9-10,12,15H2,1,3H3;8-9,11,13-14,18-19,24,29H,3-7,10,12,15H2,1-2H3;7-8,12,14-15,18,23,29H,3-6,9-11,13H2,1-2H3;2*1H4/t20-,21+;20-;18-,19+;18-;;/m1010../s1. The first-order chi connectivity index (χ1) is 58.4. The maximum Gasteiger partial charge on any atom is 0.250 e.